The Morgan fingerprint density at radius 2 is 2.03 bits per heavy atom. The third-order valence-electron chi connectivity index (χ3n) is 4.54. The molecular formula is C18H19FN4O5S. The highest BCUT2D eigenvalue weighted by Gasteiger charge is 2.40. The van der Waals surface area contributed by atoms with Crippen LogP contribution in [0, 0.1) is 22.9 Å². The number of aliphatic imine (C=N–C) groups is 1. The minimum atomic E-state index is -4.43. The van der Waals surface area contributed by atoms with Crippen LogP contribution in [0.5, 0.6) is 5.88 Å². The summed E-state index contributed by atoms with van der Waals surface area (Å²) in [4.78, 5) is 22.2. The Morgan fingerprint density at radius 1 is 1.34 bits per heavy atom. The summed E-state index contributed by atoms with van der Waals surface area (Å²) in [6.07, 6.45) is 3.15. The molecule has 1 saturated carbocycles. The van der Waals surface area contributed by atoms with Gasteiger partial charge in [-0.15, -0.1) is 0 Å². The van der Waals surface area contributed by atoms with Gasteiger partial charge in [-0.05, 0) is 38.3 Å². The Hall–Kier alpha value is -2.95. The summed E-state index contributed by atoms with van der Waals surface area (Å²) in [6.45, 7) is 1.47. The predicted octanol–water partition coefficient (Wildman–Crippen LogP) is 2.98. The molecule has 0 amide bonds. The molecule has 1 aromatic carbocycles. The van der Waals surface area contributed by atoms with E-state index in [4.69, 9.17) is 4.74 Å². The zero-order chi connectivity index (χ0) is 21.2. The lowest BCUT2D eigenvalue weighted by atomic mass is 9.96. The van der Waals surface area contributed by atoms with Crippen molar-refractivity contribution in [3.05, 3.63) is 51.7 Å². The number of aromatic nitrogens is 2. The molecule has 0 N–H and O–H groups in total. The van der Waals surface area contributed by atoms with Gasteiger partial charge in [0.25, 0.3) is 5.88 Å². The molecule has 0 spiro atoms. The van der Waals surface area contributed by atoms with E-state index in [0.717, 1.165) is 37.6 Å². The van der Waals surface area contributed by atoms with Crippen LogP contribution in [0.1, 0.15) is 36.0 Å². The van der Waals surface area contributed by atoms with Gasteiger partial charge in [0, 0.05) is 13.3 Å². The van der Waals surface area contributed by atoms with Gasteiger partial charge in [-0.25, -0.2) is 17.8 Å². The van der Waals surface area contributed by atoms with Crippen LogP contribution in [0.2, 0.25) is 0 Å². The van der Waals surface area contributed by atoms with Gasteiger partial charge in [-0.2, -0.15) is 4.98 Å². The maximum absolute atomic E-state index is 14.2. The number of hydrogen-bond acceptors (Lipinski definition) is 8. The van der Waals surface area contributed by atoms with Crippen LogP contribution in [-0.4, -0.2) is 42.7 Å². The lowest BCUT2D eigenvalue weighted by Crippen LogP contribution is -2.26. The first-order chi connectivity index (χ1) is 13.8. The van der Waals surface area contributed by atoms with Crippen LogP contribution in [0.25, 0.3) is 0 Å². The molecule has 1 fully saturated rings. The molecule has 0 saturated heterocycles. The Balaban J connectivity index is 2.21. The summed E-state index contributed by atoms with van der Waals surface area (Å²) in [5, 5.41) is 10.1. The Bertz CT molecular complexity index is 1070. The van der Waals surface area contributed by atoms with Gasteiger partial charge in [0.1, 0.15) is 33.6 Å². The number of aryl methyl sites for hydroxylation is 1. The summed E-state index contributed by atoms with van der Waals surface area (Å²) in [6, 6.07) is 4.80. The second kappa shape index (κ2) is 8.19. The normalized spacial score (nSPS) is 15.8. The average molecular weight is 422 g/mol. The van der Waals surface area contributed by atoms with Crippen molar-refractivity contribution in [1.82, 2.24) is 9.97 Å². The summed E-state index contributed by atoms with van der Waals surface area (Å²) in [5.41, 5.74) is -1.07. The fourth-order valence-corrected chi connectivity index (χ4v) is 4.53. The van der Waals surface area contributed by atoms with E-state index in [-0.39, 0.29) is 17.8 Å². The average Bonchev–Trinajstić information content (AvgIpc) is 2.62. The van der Waals surface area contributed by atoms with Gasteiger partial charge < -0.3 is 4.74 Å². The molecule has 154 valence electrons. The second-order valence-electron chi connectivity index (χ2n) is 6.54. The summed E-state index contributed by atoms with van der Waals surface area (Å²) in [5.74, 6) is -1.17. The highest BCUT2D eigenvalue weighted by molar-refractivity contribution is 7.92. The molecule has 0 bridgehead atoms. The van der Waals surface area contributed by atoms with E-state index in [1.807, 2.05) is 0 Å². The van der Waals surface area contributed by atoms with E-state index in [9.17, 15) is 22.9 Å². The van der Waals surface area contributed by atoms with Gasteiger partial charge in [0.05, 0.1) is 4.92 Å². The number of benzene rings is 1. The number of halogens is 1. The van der Waals surface area contributed by atoms with Crippen LogP contribution in [-0.2, 0) is 9.84 Å². The van der Waals surface area contributed by atoms with Crippen molar-refractivity contribution in [2.75, 3.05) is 7.05 Å². The van der Waals surface area contributed by atoms with Crippen LogP contribution in [0.3, 0.4) is 0 Å². The van der Waals surface area contributed by atoms with E-state index < -0.39 is 42.1 Å². The van der Waals surface area contributed by atoms with Gasteiger partial charge >= 0.3 is 5.69 Å². The SMILES string of the molecule is C/N=C\C(c1nc(C)nc(OC2CCC2)c1[N+](=O)[O-])S(=O)(=O)c1ccccc1F. The number of nitrogens with zero attached hydrogens (tertiary/aromatic N) is 4. The number of nitro groups is 1. The molecule has 3 rings (SSSR count). The van der Waals surface area contributed by atoms with Crippen molar-refractivity contribution in [1.29, 1.82) is 0 Å². The largest absolute Gasteiger partial charge is 0.469 e. The monoisotopic (exact) mass is 422 g/mol. The number of ether oxygens (including phenoxy) is 1. The lowest BCUT2D eigenvalue weighted by molar-refractivity contribution is -0.387. The van der Waals surface area contributed by atoms with E-state index in [1.165, 1.54) is 26.1 Å². The van der Waals surface area contributed by atoms with Gasteiger partial charge in [0.15, 0.2) is 9.84 Å². The lowest BCUT2D eigenvalue weighted by Gasteiger charge is -2.26. The minimum absolute atomic E-state index is 0.0955. The maximum atomic E-state index is 14.2. The quantitative estimate of drug-likeness (QED) is 0.381. The Labute approximate surface area is 166 Å². The molecule has 9 nitrogen and oxygen atoms in total. The van der Waals surface area contributed by atoms with Gasteiger partial charge in [-0.3, -0.25) is 15.1 Å². The van der Waals surface area contributed by atoms with Gasteiger partial charge in [-0.1, -0.05) is 12.1 Å². The molecule has 11 heteroatoms. The molecule has 1 aromatic heterocycles. The molecule has 29 heavy (non-hydrogen) atoms. The molecule has 2 aromatic rings. The number of rotatable bonds is 7. The maximum Gasteiger partial charge on any atom is 0.354 e. The third kappa shape index (κ3) is 4.09. The van der Waals surface area contributed by atoms with E-state index in [2.05, 4.69) is 15.0 Å². The molecule has 1 aliphatic carbocycles. The zero-order valence-electron chi connectivity index (χ0n) is 15.8. The first-order valence-electron chi connectivity index (χ1n) is 8.86. The fraction of sp³-hybridized carbons (Fsp3) is 0.389. The summed E-state index contributed by atoms with van der Waals surface area (Å²) in [7, 11) is -3.12. The molecule has 1 aliphatic rings. The Kier molecular flexibility index (Phi) is 5.87. The molecule has 1 unspecified atom stereocenters. The van der Waals surface area contributed by atoms with Crippen LogP contribution >= 0.6 is 0 Å². The topological polar surface area (TPSA) is 125 Å². The molecule has 0 aliphatic heterocycles. The van der Waals surface area contributed by atoms with Crippen LogP contribution in [0.4, 0.5) is 10.1 Å². The van der Waals surface area contributed by atoms with Crippen molar-refractivity contribution in [2.45, 2.75) is 42.4 Å². The molecular weight excluding hydrogens is 403 g/mol. The zero-order valence-corrected chi connectivity index (χ0v) is 16.6. The van der Waals surface area contributed by atoms with E-state index in [1.54, 1.807) is 0 Å². The van der Waals surface area contributed by atoms with Crippen molar-refractivity contribution in [3.8, 4) is 5.88 Å². The highest BCUT2D eigenvalue weighted by Crippen LogP contribution is 2.39. The minimum Gasteiger partial charge on any atom is -0.469 e. The first kappa shape index (κ1) is 20.8. The molecule has 0 radical (unpaired) electrons. The van der Waals surface area contributed by atoms with Crippen LogP contribution < -0.4 is 4.74 Å². The third-order valence-corrected chi connectivity index (χ3v) is 6.49. The first-order valence-corrected chi connectivity index (χ1v) is 10.4. The standard InChI is InChI=1S/C18H19FN4O5S/c1-11-21-16(17(23(24)25)18(22-11)28-12-6-5-7-12)15(10-20-2)29(26,27)14-9-4-3-8-13(14)19/h3-4,8-10,12,15H,5-7H2,1-2H3/b20-10-. The number of sulfone groups is 1. The Morgan fingerprint density at radius 3 is 2.59 bits per heavy atom. The molecule has 1 atom stereocenters. The van der Waals surface area contributed by atoms with Gasteiger partial charge in [0.2, 0.25) is 0 Å². The summed E-state index contributed by atoms with van der Waals surface area (Å²) >= 11 is 0. The smallest absolute Gasteiger partial charge is 0.354 e. The van der Waals surface area contributed by atoms with Crippen molar-refractivity contribution in [3.63, 3.8) is 0 Å². The van der Waals surface area contributed by atoms with Crippen molar-refractivity contribution >= 4 is 21.7 Å². The predicted molar refractivity (Wildman–Crippen MR) is 102 cm³/mol. The van der Waals surface area contributed by atoms with Crippen molar-refractivity contribution < 1.29 is 22.5 Å². The summed E-state index contributed by atoms with van der Waals surface area (Å²) < 4.78 is 46.2. The second-order valence-corrected chi connectivity index (χ2v) is 8.58. The fourth-order valence-electron chi connectivity index (χ4n) is 2.91. The number of hydrogen-bond donors (Lipinski definition) is 0. The molecule has 1 heterocycles. The van der Waals surface area contributed by atoms with E-state index >= 15 is 0 Å². The van der Waals surface area contributed by atoms with Crippen LogP contribution in [0.15, 0.2) is 34.2 Å². The highest BCUT2D eigenvalue weighted by atomic mass is 32.2. The van der Waals surface area contributed by atoms with Crippen molar-refractivity contribution in [2.24, 2.45) is 4.99 Å². The van der Waals surface area contributed by atoms with E-state index in [0.29, 0.717) is 0 Å².